The highest BCUT2D eigenvalue weighted by atomic mass is 32.1. The summed E-state index contributed by atoms with van der Waals surface area (Å²) in [7, 11) is 4.01. The van der Waals surface area contributed by atoms with E-state index < -0.39 is 12.1 Å². The zero-order valence-corrected chi connectivity index (χ0v) is 19.7. The number of carboxylic acid groups (broad SMARTS) is 1. The first kappa shape index (κ1) is 25.2. The van der Waals surface area contributed by atoms with Gasteiger partial charge in [0.25, 0.3) is 0 Å². The maximum Gasteiger partial charge on any atom is 0.490 e. The van der Waals surface area contributed by atoms with Gasteiger partial charge in [-0.2, -0.15) is 13.2 Å². The molecule has 0 atom stereocenters. The number of benzene rings is 2. The predicted octanol–water partition coefficient (Wildman–Crippen LogP) is 4.90. The van der Waals surface area contributed by atoms with Gasteiger partial charge in [0.1, 0.15) is 0 Å². The number of halogens is 3. The number of aromatic nitrogens is 1. The van der Waals surface area contributed by atoms with Crippen molar-refractivity contribution < 1.29 is 27.9 Å². The van der Waals surface area contributed by atoms with Crippen LogP contribution in [0.3, 0.4) is 0 Å². The molecule has 4 rings (SSSR count). The summed E-state index contributed by atoms with van der Waals surface area (Å²) in [6.07, 6.45) is -4.65. The van der Waals surface area contributed by atoms with Crippen molar-refractivity contribution in [1.29, 1.82) is 0 Å². The molecule has 1 amide bonds. The Labute approximate surface area is 199 Å². The number of carboxylic acids is 1. The number of rotatable bonds is 3. The summed E-state index contributed by atoms with van der Waals surface area (Å²) in [5.41, 5.74) is 5.58. The van der Waals surface area contributed by atoms with Crippen LogP contribution in [-0.4, -0.2) is 47.1 Å². The summed E-state index contributed by atoms with van der Waals surface area (Å²) in [6, 6.07) is 16.4. The highest BCUT2D eigenvalue weighted by molar-refractivity contribution is 7.16. The van der Waals surface area contributed by atoms with Crippen molar-refractivity contribution in [2.45, 2.75) is 32.6 Å². The smallest absolute Gasteiger partial charge is 0.475 e. The Hall–Kier alpha value is -3.40. The van der Waals surface area contributed by atoms with Crippen LogP contribution in [0.1, 0.15) is 21.6 Å². The van der Waals surface area contributed by atoms with Crippen LogP contribution in [0.25, 0.3) is 11.3 Å². The second-order valence-corrected chi connectivity index (χ2v) is 9.04. The molecule has 6 nitrogen and oxygen atoms in total. The fourth-order valence-electron chi connectivity index (χ4n) is 3.43. The number of carbonyl (C=O) groups excluding carboxylic acids is 1. The number of nitrogens with zero attached hydrogens (tertiary/aromatic N) is 3. The van der Waals surface area contributed by atoms with E-state index in [-0.39, 0.29) is 5.91 Å². The molecule has 0 bridgehead atoms. The molecule has 3 aromatic rings. The number of amides is 1. The van der Waals surface area contributed by atoms with Crippen LogP contribution in [0.15, 0.2) is 48.5 Å². The third-order valence-electron chi connectivity index (χ3n) is 5.23. The van der Waals surface area contributed by atoms with E-state index in [1.54, 1.807) is 11.3 Å². The molecule has 0 saturated carbocycles. The second-order valence-electron chi connectivity index (χ2n) is 7.98. The fourth-order valence-corrected chi connectivity index (χ4v) is 4.44. The maximum absolute atomic E-state index is 13.1. The van der Waals surface area contributed by atoms with Crippen molar-refractivity contribution in [3.63, 3.8) is 0 Å². The molecule has 0 unspecified atom stereocenters. The van der Waals surface area contributed by atoms with Gasteiger partial charge < -0.3 is 14.9 Å². The molecule has 2 heterocycles. The Bertz CT molecular complexity index is 1190. The summed E-state index contributed by atoms with van der Waals surface area (Å²) >= 11 is 1.67. The summed E-state index contributed by atoms with van der Waals surface area (Å²) in [5, 5.41) is 8.10. The highest BCUT2D eigenvalue weighted by Gasteiger charge is 2.38. The summed E-state index contributed by atoms with van der Waals surface area (Å²) in [6.45, 7) is 3.30. The number of thiazole rings is 1. The molecule has 1 N–H and O–H groups in total. The molecule has 10 heteroatoms. The molecule has 1 aromatic heterocycles. The number of hydrogen-bond acceptors (Lipinski definition) is 5. The summed E-state index contributed by atoms with van der Waals surface area (Å²) in [4.78, 5) is 32.0. The lowest BCUT2D eigenvalue weighted by molar-refractivity contribution is -0.192. The van der Waals surface area contributed by atoms with Gasteiger partial charge in [-0.15, -0.1) is 0 Å². The van der Waals surface area contributed by atoms with E-state index >= 15 is 0 Å². The van der Waals surface area contributed by atoms with Crippen LogP contribution in [0.5, 0.6) is 0 Å². The van der Waals surface area contributed by atoms with Crippen LogP contribution in [0.4, 0.5) is 18.3 Å². The standard InChI is InChI=1S/C22H23N3OS.C2HF3O2/c1-15-8-4-5-9-16(15)12-20(26)25-13-17-10-6-7-11-18(17)21-19(14-25)27-22(23-21)24(2)3;3-2(4,5)1(6)7/h4-11H,12-14H2,1-3H3;(H,6,7). The minimum atomic E-state index is -5.08. The lowest BCUT2D eigenvalue weighted by atomic mass is 10.0. The summed E-state index contributed by atoms with van der Waals surface area (Å²) in [5.74, 6) is -2.60. The van der Waals surface area contributed by atoms with E-state index in [1.165, 1.54) is 0 Å². The molecule has 2 aromatic carbocycles. The Morgan fingerprint density at radius 3 is 2.32 bits per heavy atom. The highest BCUT2D eigenvalue weighted by Crippen LogP contribution is 2.38. The van der Waals surface area contributed by atoms with Crippen molar-refractivity contribution in [1.82, 2.24) is 9.88 Å². The average molecular weight is 492 g/mol. The largest absolute Gasteiger partial charge is 0.490 e. The molecule has 180 valence electrons. The van der Waals surface area contributed by atoms with E-state index in [1.807, 2.05) is 54.2 Å². The van der Waals surface area contributed by atoms with Crippen molar-refractivity contribution >= 4 is 28.3 Å². The Balaban J connectivity index is 0.000000406. The third kappa shape index (κ3) is 5.93. The van der Waals surface area contributed by atoms with Crippen molar-refractivity contribution in [2.75, 3.05) is 19.0 Å². The van der Waals surface area contributed by atoms with Crippen molar-refractivity contribution in [3.8, 4) is 11.3 Å². The number of hydrogen-bond donors (Lipinski definition) is 1. The quantitative estimate of drug-likeness (QED) is 0.564. The van der Waals surface area contributed by atoms with Crippen LogP contribution in [0, 0.1) is 6.92 Å². The molecule has 34 heavy (non-hydrogen) atoms. The van der Waals surface area contributed by atoms with E-state index in [4.69, 9.17) is 14.9 Å². The molecule has 1 aliphatic heterocycles. The van der Waals surface area contributed by atoms with Crippen LogP contribution < -0.4 is 4.90 Å². The fraction of sp³-hybridized carbons (Fsp3) is 0.292. The second kappa shape index (κ2) is 10.3. The number of fused-ring (bicyclic) bond motifs is 3. The SMILES string of the molecule is Cc1ccccc1CC(=O)N1Cc2ccccc2-c2nc(N(C)C)sc2C1.O=C(O)C(F)(F)F. The third-order valence-corrected chi connectivity index (χ3v) is 6.44. The lowest BCUT2D eigenvalue weighted by Crippen LogP contribution is -2.30. The molecule has 0 saturated heterocycles. The van der Waals surface area contributed by atoms with Crippen LogP contribution in [0.2, 0.25) is 0 Å². The number of anilines is 1. The van der Waals surface area contributed by atoms with Crippen molar-refractivity contribution in [3.05, 3.63) is 70.1 Å². The van der Waals surface area contributed by atoms with E-state index in [2.05, 4.69) is 25.1 Å². The molecule has 0 aliphatic carbocycles. The molecule has 0 spiro atoms. The predicted molar refractivity (Wildman–Crippen MR) is 125 cm³/mol. The van der Waals surface area contributed by atoms with Crippen LogP contribution in [-0.2, 0) is 29.1 Å². The monoisotopic (exact) mass is 491 g/mol. The topological polar surface area (TPSA) is 73.7 Å². The molecular weight excluding hydrogens is 467 g/mol. The molecule has 1 aliphatic rings. The zero-order valence-electron chi connectivity index (χ0n) is 18.9. The lowest BCUT2D eigenvalue weighted by Gasteiger charge is -2.21. The minimum Gasteiger partial charge on any atom is -0.475 e. The van der Waals surface area contributed by atoms with Gasteiger partial charge in [-0.25, -0.2) is 9.78 Å². The first-order valence-electron chi connectivity index (χ1n) is 10.3. The number of alkyl halides is 3. The van der Waals surface area contributed by atoms with Gasteiger partial charge in [0, 0.05) is 26.2 Å². The van der Waals surface area contributed by atoms with Gasteiger partial charge in [0.2, 0.25) is 5.91 Å². The number of aliphatic carboxylic acids is 1. The zero-order chi connectivity index (χ0) is 25.0. The van der Waals surface area contributed by atoms with Gasteiger partial charge in [-0.05, 0) is 23.6 Å². The minimum absolute atomic E-state index is 0.159. The molecule has 0 radical (unpaired) electrons. The van der Waals surface area contributed by atoms with Crippen molar-refractivity contribution in [2.24, 2.45) is 0 Å². The van der Waals surface area contributed by atoms with E-state index in [9.17, 15) is 18.0 Å². The maximum atomic E-state index is 13.1. The van der Waals surface area contributed by atoms with E-state index in [0.29, 0.717) is 19.5 Å². The van der Waals surface area contributed by atoms with Gasteiger partial charge in [-0.1, -0.05) is 59.9 Å². The van der Waals surface area contributed by atoms with Gasteiger partial charge in [0.15, 0.2) is 5.13 Å². The Morgan fingerprint density at radius 2 is 1.71 bits per heavy atom. The average Bonchev–Trinajstić information content (AvgIpc) is 3.12. The Kier molecular flexibility index (Phi) is 7.61. The number of aryl methyl sites for hydroxylation is 1. The normalized spacial score (nSPS) is 12.6. The van der Waals surface area contributed by atoms with Crippen LogP contribution >= 0.6 is 11.3 Å². The molecular formula is C24H24F3N3O3S. The molecule has 0 fully saturated rings. The van der Waals surface area contributed by atoms with Gasteiger partial charge in [0.05, 0.1) is 23.5 Å². The first-order valence-corrected chi connectivity index (χ1v) is 11.2. The van der Waals surface area contributed by atoms with Gasteiger partial charge >= 0.3 is 12.1 Å². The first-order chi connectivity index (χ1) is 16.0. The Morgan fingerprint density at radius 1 is 1.09 bits per heavy atom. The number of carbonyl (C=O) groups is 2. The van der Waals surface area contributed by atoms with E-state index in [0.717, 1.165) is 38.0 Å². The summed E-state index contributed by atoms with van der Waals surface area (Å²) < 4.78 is 31.7. The van der Waals surface area contributed by atoms with Gasteiger partial charge in [-0.3, -0.25) is 4.79 Å².